The normalized spacial score (nSPS) is 10.4. The van der Waals surface area contributed by atoms with Crippen molar-refractivity contribution < 1.29 is 4.74 Å². The van der Waals surface area contributed by atoms with Crippen LogP contribution in [-0.2, 0) is 0 Å². The van der Waals surface area contributed by atoms with Crippen LogP contribution in [0.15, 0.2) is 47.7 Å². The lowest BCUT2D eigenvalue weighted by atomic mass is 10.2. The van der Waals surface area contributed by atoms with Crippen LogP contribution in [0, 0.1) is 0 Å². The van der Waals surface area contributed by atoms with E-state index >= 15 is 0 Å². The molecule has 21 heavy (non-hydrogen) atoms. The highest BCUT2D eigenvalue weighted by molar-refractivity contribution is 7.80. The van der Waals surface area contributed by atoms with E-state index in [2.05, 4.69) is 20.8 Å². The number of halogens is 1. The molecule has 0 aliphatic heterocycles. The Bertz CT molecular complexity index is 663. The minimum atomic E-state index is 0.316. The van der Waals surface area contributed by atoms with Crippen molar-refractivity contribution in [2.24, 2.45) is 5.10 Å². The summed E-state index contributed by atoms with van der Waals surface area (Å²) >= 11 is 11.0. The Balaban J connectivity index is 1.95. The Kier molecular flexibility index (Phi) is 5.48. The van der Waals surface area contributed by atoms with Gasteiger partial charge in [0.2, 0.25) is 0 Å². The maximum Gasteiger partial charge on any atom is 0.191 e. The molecular weight excluding hydrogens is 308 g/mol. The van der Waals surface area contributed by atoms with E-state index in [4.69, 9.17) is 28.6 Å². The molecule has 2 rings (SSSR count). The number of methoxy groups -OCH3 is 1. The van der Waals surface area contributed by atoms with Gasteiger partial charge in [0.25, 0.3) is 0 Å². The van der Waals surface area contributed by atoms with Crippen molar-refractivity contribution in [2.75, 3.05) is 12.4 Å². The molecule has 7 heteroatoms. The molecule has 0 unspecified atom stereocenters. The largest absolute Gasteiger partial charge is 0.496 e. The molecule has 2 N–H and O–H groups in total. The predicted octanol–water partition coefficient (Wildman–Crippen LogP) is 3.06. The zero-order valence-electron chi connectivity index (χ0n) is 11.2. The molecule has 0 bridgehead atoms. The fourth-order valence-electron chi connectivity index (χ4n) is 1.56. The molecule has 0 amide bonds. The lowest BCUT2D eigenvalue weighted by Gasteiger charge is -2.08. The average Bonchev–Trinajstić information content (AvgIpc) is 2.50. The Morgan fingerprint density at radius 3 is 2.90 bits per heavy atom. The number of pyridine rings is 1. The molecule has 0 atom stereocenters. The third kappa shape index (κ3) is 4.40. The number of nitrogens with zero attached hydrogens (tertiary/aromatic N) is 2. The van der Waals surface area contributed by atoms with Crippen LogP contribution in [-0.4, -0.2) is 23.4 Å². The molecular formula is C14H13ClN4OS. The maximum atomic E-state index is 5.92. The molecule has 1 aromatic carbocycles. The van der Waals surface area contributed by atoms with Gasteiger partial charge in [-0.25, -0.2) is 4.98 Å². The van der Waals surface area contributed by atoms with Gasteiger partial charge in [-0.3, -0.25) is 5.43 Å². The van der Waals surface area contributed by atoms with Crippen molar-refractivity contribution in [2.45, 2.75) is 0 Å². The zero-order valence-corrected chi connectivity index (χ0v) is 12.8. The summed E-state index contributed by atoms with van der Waals surface area (Å²) in [6.45, 7) is 0. The van der Waals surface area contributed by atoms with E-state index in [9.17, 15) is 0 Å². The van der Waals surface area contributed by atoms with Crippen LogP contribution in [0.5, 0.6) is 5.75 Å². The number of hydrogen-bond acceptors (Lipinski definition) is 4. The number of ether oxygens (including phenoxy) is 1. The number of nitrogens with one attached hydrogen (secondary N) is 2. The number of anilines is 1. The van der Waals surface area contributed by atoms with Gasteiger partial charge in [0, 0.05) is 11.8 Å². The first kappa shape index (κ1) is 15.2. The van der Waals surface area contributed by atoms with Gasteiger partial charge in [0.1, 0.15) is 5.75 Å². The van der Waals surface area contributed by atoms with Crippen molar-refractivity contribution >= 4 is 40.8 Å². The van der Waals surface area contributed by atoms with Crippen LogP contribution in [0.1, 0.15) is 5.56 Å². The number of para-hydroxylation sites is 1. The van der Waals surface area contributed by atoms with Gasteiger partial charge in [-0.2, -0.15) is 5.10 Å². The summed E-state index contributed by atoms with van der Waals surface area (Å²) in [6.07, 6.45) is 3.22. The summed E-state index contributed by atoms with van der Waals surface area (Å²) in [5, 5.41) is 7.62. The maximum absolute atomic E-state index is 5.92. The first-order valence-electron chi connectivity index (χ1n) is 6.04. The minimum absolute atomic E-state index is 0.316. The second-order valence-electron chi connectivity index (χ2n) is 3.91. The van der Waals surface area contributed by atoms with Gasteiger partial charge < -0.3 is 10.1 Å². The first-order chi connectivity index (χ1) is 10.2. The second-order valence-corrected chi connectivity index (χ2v) is 4.67. The smallest absolute Gasteiger partial charge is 0.191 e. The van der Waals surface area contributed by atoms with Crippen LogP contribution < -0.4 is 15.5 Å². The van der Waals surface area contributed by atoms with Crippen molar-refractivity contribution in [1.82, 2.24) is 10.4 Å². The lowest BCUT2D eigenvalue weighted by molar-refractivity contribution is 0.414. The highest BCUT2D eigenvalue weighted by atomic mass is 35.5. The van der Waals surface area contributed by atoms with Gasteiger partial charge in [-0.15, -0.1) is 0 Å². The van der Waals surface area contributed by atoms with Gasteiger partial charge in [0.15, 0.2) is 10.3 Å². The molecule has 0 saturated carbocycles. The molecule has 0 aliphatic carbocycles. The van der Waals surface area contributed by atoms with Crippen LogP contribution in [0.25, 0.3) is 0 Å². The van der Waals surface area contributed by atoms with Crippen LogP contribution >= 0.6 is 23.8 Å². The third-order valence-electron chi connectivity index (χ3n) is 2.52. The second kappa shape index (κ2) is 7.56. The number of thiocarbonyl (C=S) groups is 1. The fourth-order valence-corrected chi connectivity index (χ4v) is 1.89. The van der Waals surface area contributed by atoms with E-state index < -0.39 is 0 Å². The molecule has 2 aromatic rings. The molecule has 0 spiro atoms. The number of aromatic nitrogens is 1. The van der Waals surface area contributed by atoms with Crippen LogP contribution in [0.4, 0.5) is 5.69 Å². The van der Waals surface area contributed by atoms with Gasteiger partial charge in [0.05, 0.1) is 19.0 Å². The van der Waals surface area contributed by atoms with E-state index in [1.807, 2.05) is 24.3 Å². The van der Waals surface area contributed by atoms with E-state index in [1.54, 1.807) is 31.7 Å². The summed E-state index contributed by atoms with van der Waals surface area (Å²) in [5.74, 6) is 0.734. The van der Waals surface area contributed by atoms with Crippen LogP contribution in [0.3, 0.4) is 0 Å². The monoisotopic (exact) mass is 320 g/mol. The van der Waals surface area contributed by atoms with Crippen molar-refractivity contribution in [3.05, 3.63) is 53.3 Å². The number of rotatable bonds is 4. The minimum Gasteiger partial charge on any atom is -0.496 e. The molecule has 1 aromatic heterocycles. The first-order valence-corrected chi connectivity index (χ1v) is 6.83. The standard InChI is InChI=1S/C14H13ClN4OS/c1-20-12-7-3-2-5-10(12)9-17-19-14(21)18-11-6-4-8-16-13(11)15/h2-9H,1H3,(H2,18,19,21). The Labute approximate surface area is 133 Å². The summed E-state index contributed by atoms with van der Waals surface area (Å²) in [5.41, 5.74) is 4.16. The van der Waals surface area contributed by atoms with Gasteiger partial charge >= 0.3 is 0 Å². The summed E-state index contributed by atoms with van der Waals surface area (Å²) in [6, 6.07) is 11.1. The summed E-state index contributed by atoms with van der Waals surface area (Å²) in [7, 11) is 1.61. The Morgan fingerprint density at radius 1 is 1.33 bits per heavy atom. The number of hydrazone groups is 1. The molecule has 1 heterocycles. The van der Waals surface area contributed by atoms with Crippen molar-refractivity contribution in [1.29, 1.82) is 0 Å². The molecule has 5 nitrogen and oxygen atoms in total. The van der Waals surface area contributed by atoms with E-state index in [0.717, 1.165) is 11.3 Å². The Morgan fingerprint density at radius 2 is 2.14 bits per heavy atom. The lowest BCUT2D eigenvalue weighted by Crippen LogP contribution is -2.24. The van der Waals surface area contributed by atoms with Crippen molar-refractivity contribution in [3.63, 3.8) is 0 Å². The number of benzene rings is 1. The predicted molar refractivity (Wildman–Crippen MR) is 89.2 cm³/mol. The zero-order chi connectivity index (χ0) is 15.1. The molecule has 0 aliphatic rings. The molecule has 0 fully saturated rings. The topological polar surface area (TPSA) is 58.5 Å². The van der Waals surface area contributed by atoms with Crippen LogP contribution in [0.2, 0.25) is 5.15 Å². The third-order valence-corrected chi connectivity index (χ3v) is 3.01. The van der Waals surface area contributed by atoms with E-state index in [-0.39, 0.29) is 0 Å². The SMILES string of the molecule is COc1ccccc1C=NNC(=S)Nc1cccnc1Cl. The van der Waals surface area contributed by atoms with Crippen molar-refractivity contribution in [3.8, 4) is 5.75 Å². The Hall–Kier alpha value is -2.18. The molecule has 108 valence electrons. The van der Waals surface area contributed by atoms with E-state index in [0.29, 0.717) is 16.0 Å². The highest BCUT2D eigenvalue weighted by Crippen LogP contribution is 2.17. The quantitative estimate of drug-likeness (QED) is 0.392. The summed E-state index contributed by atoms with van der Waals surface area (Å²) in [4.78, 5) is 3.94. The molecule has 0 radical (unpaired) electrons. The number of hydrogen-bond donors (Lipinski definition) is 2. The average molecular weight is 321 g/mol. The highest BCUT2D eigenvalue weighted by Gasteiger charge is 2.02. The fraction of sp³-hybridized carbons (Fsp3) is 0.0714. The van der Waals surface area contributed by atoms with Gasteiger partial charge in [-0.1, -0.05) is 23.7 Å². The molecule has 0 saturated heterocycles. The van der Waals surface area contributed by atoms with E-state index in [1.165, 1.54) is 0 Å². The summed E-state index contributed by atoms with van der Waals surface area (Å²) < 4.78 is 5.22. The van der Waals surface area contributed by atoms with Gasteiger partial charge in [-0.05, 0) is 36.5 Å².